The maximum atomic E-state index is 13.5. The van der Waals surface area contributed by atoms with Crippen molar-refractivity contribution in [2.24, 2.45) is 131 Å². The van der Waals surface area contributed by atoms with Gasteiger partial charge in [-0.2, -0.15) is 0 Å². The smallest absolute Gasteiger partial charge is 0.306 e. The second kappa shape index (κ2) is 36.0. The van der Waals surface area contributed by atoms with Gasteiger partial charge in [-0.1, -0.05) is 218 Å². The van der Waals surface area contributed by atoms with Crippen LogP contribution in [0.25, 0.3) is 0 Å². The normalized spacial score (nSPS) is 40.7. The fourth-order valence-electron chi connectivity index (χ4n) is 29.6. The highest BCUT2D eigenvalue weighted by atomic mass is 16.5. The van der Waals surface area contributed by atoms with Crippen molar-refractivity contribution in [2.45, 2.75) is 330 Å². The minimum absolute atomic E-state index is 0.0149. The lowest BCUT2D eigenvalue weighted by atomic mass is 9.48. The van der Waals surface area contributed by atoms with Gasteiger partial charge in [-0.3, -0.25) is 57.5 Å². The number of unbranched alkanes of at least 4 members (excludes halogenated alkanes) is 3. The molecule has 8 saturated carbocycles. The van der Waals surface area contributed by atoms with Gasteiger partial charge in [0.15, 0.2) is 66.9 Å². The molecule has 24 atom stereocenters. The second-order valence-corrected chi connectivity index (χ2v) is 44.2. The SMILES string of the molecule is CCC(=O)OCC(=O)[C@@]1(C)[C@H](C)CC2C3CCC4=CC(=O)CC[C@]4(C)C3=CC[C@@]21C.CCCCC(=O)OCC(=O)[C@@]1(C)[C@@H](C)CC2C3CCC4=CC(=O)C=C[C@]4(C)C3=CC[C@@]21C.CCCCC(=O)OCC(=O)[C@@]1(C)[C@H](C)CC2C3CCC4=CC(=O)C=C[C@]4(C)C3=CC[C@@]21C.CCCCC(=O)OCC(=O)[C@@]1(O)[C@@H](C)CC2C3CCC4=CC(=O)CC[C@]4(C)C3=CC[C@@]21C. The summed E-state index contributed by atoms with van der Waals surface area (Å²) in [6.07, 6.45) is 49.0. The van der Waals surface area contributed by atoms with Crippen LogP contribution in [-0.2, 0) is 76.5 Å². The summed E-state index contributed by atoms with van der Waals surface area (Å²) in [5.74, 6) is 3.06. The van der Waals surface area contributed by atoms with E-state index in [0.717, 1.165) is 148 Å². The summed E-state index contributed by atoms with van der Waals surface area (Å²) in [7, 11) is 0. The molecule has 688 valence electrons. The van der Waals surface area contributed by atoms with Gasteiger partial charge in [0, 0.05) is 81.8 Å². The monoisotopic (exact) mass is 1730 g/mol. The summed E-state index contributed by atoms with van der Waals surface area (Å²) >= 11 is 0. The molecule has 0 aliphatic heterocycles. The number of hydrogen-bond acceptors (Lipinski definition) is 17. The Morgan fingerprint density at radius 2 is 0.659 bits per heavy atom. The summed E-state index contributed by atoms with van der Waals surface area (Å²) in [6, 6.07) is 0. The lowest BCUT2D eigenvalue weighted by Crippen LogP contribution is -2.57. The molecular weight excluding hydrogens is 1580 g/mol. The van der Waals surface area contributed by atoms with Crippen molar-refractivity contribution in [3.8, 4) is 0 Å². The summed E-state index contributed by atoms with van der Waals surface area (Å²) < 4.78 is 21.3. The Bertz CT molecular complexity index is 4590. The largest absolute Gasteiger partial charge is 0.458 e. The van der Waals surface area contributed by atoms with Gasteiger partial charge >= 0.3 is 23.9 Å². The van der Waals surface area contributed by atoms with Gasteiger partial charge in [0.2, 0.25) is 5.78 Å². The minimum Gasteiger partial charge on any atom is -0.458 e. The summed E-state index contributed by atoms with van der Waals surface area (Å²) in [5.41, 5.74) is 6.46. The Morgan fingerprint density at radius 1 is 0.365 bits per heavy atom. The van der Waals surface area contributed by atoms with E-state index in [1.54, 1.807) is 19.1 Å². The molecule has 0 bridgehead atoms. The summed E-state index contributed by atoms with van der Waals surface area (Å²) in [4.78, 5) is 149. The molecule has 17 nitrogen and oxygen atoms in total. The predicted molar refractivity (Wildman–Crippen MR) is 487 cm³/mol. The fraction of sp³-hybridized carbons (Fsp3) is 0.706. The van der Waals surface area contributed by atoms with E-state index in [1.165, 1.54) is 44.6 Å². The molecule has 0 radical (unpaired) electrons. The first-order valence-electron chi connectivity index (χ1n) is 49.0. The molecule has 126 heavy (non-hydrogen) atoms. The Hall–Kier alpha value is -7.40. The van der Waals surface area contributed by atoms with Crippen molar-refractivity contribution in [1.82, 2.24) is 0 Å². The number of ether oxygens (including phenoxy) is 4. The van der Waals surface area contributed by atoms with Gasteiger partial charge in [-0.15, -0.1) is 0 Å². The van der Waals surface area contributed by atoms with Gasteiger partial charge in [0.05, 0.1) is 0 Å². The van der Waals surface area contributed by atoms with Crippen molar-refractivity contribution in [3.63, 3.8) is 0 Å². The van der Waals surface area contributed by atoms with Crippen LogP contribution in [-0.4, -0.2) is 107 Å². The first-order chi connectivity index (χ1) is 59.3. The van der Waals surface area contributed by atoms with Gasteiger partial charge in [0.25, 0.3) is 0 Å². The minimum atomic E-state index is -1.50. The van der Waals surface area contributed by atoms with Crippen LogP contribution in [0.5, 0.6) is 0 Å². The first kappa shape index (κ1) is 96.2. The molecule has 8 unspecified atom stereocenters. The molecular formula is C109H150O17. The number of allylic oxidation sites excluding steroid dienone is 20. The van der Waals surface area contributed by atoms with E-state index in [-0.39, 0.29) is 164 Å². The number of Topliss-reactive ketones (excluding diaryl/α,β-unsaturated/α-hetero) is 4. The molecule has 0 amide bonds. The molecule has 0 saturated heterocycles. The van der Waals surface area contributed by atoms with Crippen LogP contribution in [0.3, 0.4) is 0 Å². The third kappa shape index (κ3) is 15.7. The molecule has 16 rings (SSSR count). The standard InChI is InChI=1S/2C28H38O4.C27H38O5.C26H36O4/c2*1-6-7-8-25(31)32-17-24(30)28(5)18(2)15-23-21-10-9-19-16-20(29)11-13-26(19,3)22(21)12-14-27(23,28)4;1-5-6-7-24(30)32-16-23(29)27(31)17(2)14-22-20-9-8-18-15-19(28)10-12-25(18,3)21(20)11-13-26(22,27)4;1-6-23(29)30-15-22(28)26(5)16(2)13-21-19-8-7-17-14-18(27)9-11-24(17,3)20(19)10-12-25(21,26)4/h2*11-13,16,18,21,23H,6-10,14-15,17H2,1-5H3;11,15,17,20,22,31H,5-10,12-14,16H2,1-4H3;10,14,16,19,21H,6-9,11-13,15H2,1-5H3/t18-,21?,23?,26+,27+,28-;18-,21?,23?,26-,27-,28+;17-,20?,22?,25-,26-,27-;16-,19?,21?,24+,25+,26-/m1001/s1. The Kier molecular flexibility index (Phi) is 27.5. The van der Waals surface area contributed by atoms with Crippen LogP contribution in [0.4, 0.5) is 0 Å². The molecule has 16 aliphatic rings. The van der Waals surface area contributed by atoms with E-state index in [9.17, 15) is 62.6 Å². The van der Waals surface area contributed by atoms with Crippen LogP contribution >= 0.6 is 0 Å². The van der Waals surface area contributed by atoms with Crippen molar-refractivity contribution in [1.29, 1.82) is 0 Å². The van der Waals surface area contributed by atoms with Crippen LogP contribution in [0.2, 0.25) is 0 Å². The first-order valence-corrected chi connectivity index (χ1v) is 49.0. The topological polar surface area (TPSA) is 262 Å². The number of aliphatic hydroxyl groups is 1. The van der Waals surface area contributed by atoms with E-state index in [4.69, 9.17) is 18.9 Å². The molecule has 17 heteroatoms. The summed E-state index contributed by atoms with van der Waals surface area (Å²) in [5, 5.41) is 11.9. The lowest BCUT2D eigenvalue weighted by Gasteiger charge is -2.55. The maximum Gasteiger partial charge on any atom is 0.306 e. The highest BCUT2D eigenvalue weighted by Gasteiger charge is 2.71. The zero-order valence-electron chi connectivity index (χ0n) is 79.9. The number of rotatable bonds is 22. The number of ketones is 8. The van der Waals surface area contributed by atoms with Gasteiger partial charge < -0.3 is 24.1 Å². The van der Waals surface area contributed by atoms with E-state index in [2.05, 4.69) is 133 Å². The van der Waals surface area contributed by atoms with E-state index in [0.29, 0.717) is 86.4 Å². The molecule has 8 fully saturated rings. The Balaban J connectivity index is 0.000000144. The van der Waals surface area contributed by atoms with Gasteiger partial charge in [-0.05, 0) is 272 Å². The highest BCUT2D eigenvalue weighted by Crippen LogP contribution is 2.74. The number of carbonyl (C=O) groups is 12. The molecule has 0 aromatic heterocycles. The number of esters is 4. The third-order valence-electron chi connectivity index (χ3n) is 38.8. The lowest BCUT2D eigenvalue weighted by molar-refractivity contribution is -0.168. The van der Waals surface area contributed by atoms with E-state index < -0.39 is 27.3 Å². The molecule has 0 aromatic carbocycles. The van der Waals surface area contributed by atoms with Crippen LogP contribution in [0.1, 0.15) is 324 Å². The van der Waals surface area contributed by atoms with Crippen molar-refractivity contribution < 1.29 is 81.6 Å². The van der Waals surface area contributed by atoms with Crippen molar-refractivity contribution in [3.05, 3.63) is 117 Å². The molecule has 16 aliphatic carbocycles. The number of hydrogen-bond donors (Lipinski definition) is 1. The molecule has 0 spiro atoms. The zero-order chi connectivity index (χ0) is 91.8. The van der Waals surface area contributed by atoms with Crippen LogP contribution in [0.15, 0.2) is 117 Å². The zero-order valence-corrected chi connectivity index (χ0v) is 79.9. The van der Waals surface area contributed by atoms with Crippen LogP contribution in [0, 0.1) is 131 Å². The second-order valence-electron chi connectivity index (χ2n) is 44.2. The van der Waals surface area contributed by atoms with Gasteiger partial charge in [-0.25, -0.2) is 0 Å². The van der Waals surface area contributed by atoms with E-state index >= 15 is 0 Å². The van der Waals surface area contributed by atoms with Crippen molar-refractivity contribution >= 4 is 70.1 Å². The number of carbonyl (C=O) groups excluding carboxylic acids is 12. The quantitative estimate of drug-likeness (QED) is 0.0600. The number of fused-ring (bicyclic) bond motifs is 20. The van der Waals surface area contributed by atoms with Crippen LogP contribution < -0.4 is 0 Å². The predicted octanol–water partition coefficient (Wildman–Crippen LogP) is 21.5. The Labute approximate surface area is 751 Å². The average Bonchev–Trinajstić information content (AvgIpc) is 1.53. The van der Waals surface area contributed by atoms with Crippen molar-refractivity contribution in [2.75, 3.05) is 26.4 Å². The molecule has 1 N–H and O–H groups in total. The molecule has 0 aromatic rings. The Morgan fingerprint density at radius 3 is 1.00 bits per heavy atom. The van der Waals surface area contributed by atoms with E-state index in [1.807, 2.05) is 52.0 Å². The third-order valence-corrected chi connectivity index (χ3v) is 38.8. The highest BCUT2D eigenvalue weighted by molar-refractivity contribution is 6.02. The van der Waals surface area contributed by atoms with Gasteiger partial charge in [0.1, 0.15) is 5.60 Å². The average molecular weight is 1730 g/mol. The fourth-order valence-corrected chi connectivity index (χ4v) is 29.6. The molecule has 0 heterocycles. The summed E-state index contributed by atoms with van der Waals surface area (Å²) in [6.45, 7) is 40.1. The maximum absolute atomic E-state index is 13.5.